The monoisotopic (exact) mass is 240 g/mol. The summed E-state index contributed by atoms with van der Waals surface area (Å²) in [4.78, 5) is 12.2. The zero-order valence-electron chi connectivity index (χ0n) is 9.35. The fourth-order valence-electron chi connectivity index (χ4n) is 1.11. The molecule has 0 spiro atoms. The normalized spacial score (nSPS) is 10.8. The first-order chi connectivity index (χ1) is 7.83. The van der Waals surface area contributed by atoms with E-state index >= 15 is 0 Å². The molecule has 1 heterocycles. The van der Waals surface area contributed by atoms with E-state index in [9.17, 15) is 4.79 Å². The minimum atomic E-state index is -0.315. The fourth-order valence-corrected chi connectivity index (χ4v) is 1.80. The summed E-state index contributed by atoms with van der Waals surface area (Å²) >= 11 is 1.73. The minimum absolute atomic E-state index is 0.315. The first kappa shape index (κ1) is 12.9. The molecular weight excluding hydrogens is 224 g/mol. The Balaban J connectivity index is 2.01. The highest BCUT2D eigenvalue weighted by atomic mass is 32.1. The van der Waals surface area contributed by atoms with Crippen molar-refractivity contribution in [3.05, 3.63) is 34.5 Å². The third-order valence-corrected chi connectivity index (χ3v) is 2.76. The predicted octanol–water partition coefficient (Wildman–Crippen LogP) is 2.43. The van der Waals surface area contributed by atoms with Crippen LogP contribution in [0.2, 0.25) is 0 Å². The maximum atomic E-state index is 10.9. The van der Waals surface area contributed by atoms with E-state index in [4.69, 9.17) is 9.47 Å². The van der Waals surface area contributed by atoms with Crippen LogP contribution < -0.4 is 0 Å². The van der Waals surface area contributed by atoms with E-state index in [1.54, 1.807) is 24.3 Å². The van der Waals surface area contributed by atoms with E-state index in [1.165, 1.54) is 11.0 Å². The molecule has 0 saturated carbocycles. The Morgan fingerprint density at radius 1 is 1.56 bits per heavy atom. The number of hydrogen-bond acceptors (Lipinski definition) is 4. The third-order valence-electron chi connectivity index (χ3n) is 1.83. The molecule has 0 bridgehead atoms. The molecule has 0 atom stereocenters. The van der Waals surface area contributed by atoms with Gasteiger partial charge in [0.2, 0.25) is 0 Å². The number of carbonyl (C=O) groups excluding carboxylic acids is 1. The molecule has 0 aliphatic rings. The maximum Gasteiger partial charge on any atom is 0.330 e. The van der Waals surface area contributed by atoms with Gasteiger partial charge in [-0.2, -0.15) is 0 Å². The molecule has 1 aromatic heterocycles. The van der Waals surface area contributed by atoms with Gasteiger partial charge in [-0.25, -0.2) is 4.79 Å². The van der Waals surface area contributed by atoms with Gasteiger partial charge in [0.25, 0.3) is 0 Å². The van der Waals surface area contributed by atoms with Gasteiger partial charge in [-0.3, -0.25) is 0 Å². The van der Waals surface area contributed by atoms with E-state index < -0.39 is 0 Å². The van der Waals surface area contributed by atoms with Crippen molar-refractivity contribution in [2.24, 2.45) is 0 Å². The van der Waals surface area contributed by atoms with Gasteiger partial charge in [0.15, 0.2) is 0 Å². The average molecular weight is 240 g/mol. The van der Waals surface area contributed by atoms with E-state index in [1.807, 2.05) is 6.07 Å². The van der Waals surface area contributed by atoms with E-state index in [0.29, 0.717) is 19.8 Å². The van der Waals surface area contributed by atoms with Gasteiger partial charge in [-0.1, -0.05) is 12.1 Å². The van der Waals surface area contributed by atoms with E-state index in [-0.39, 0.29) is 5.97 Å². The molecule has 0 unspecified atom stereocenters. The van der Waals surface area contributed by atoms with Crippen LogP contribution in [0.5, 0.6) is 0 Å². The predicted molar refractivity (Wildman–Crippen MR) is 64.6 cm³/mol. The van der Waals surface area contributed by atoms with Crippen molar-refractivity contribution in [3.8, 4) is 0 Å². The summed E-state index contributed by atoms with van der Waals surface area (Å²) in [6, 6.07) is 4.11. The summed E-state index contributed by atoms with van der Waals surface area (Å²) in [7, 11) is 0. The van der Waals surface area contributed by atoms with Crippen LogP contribution >= 0.6 is 11.3 Å². The third kappa shape index (κ3) is 5.68. The molecule has 0 N–H and O–H groups in total. The summed E-state index contributed by atoms with van der Waals surface area (Å²) in [5.41, 5.74) is 0. The van der Waals surface area contributed by atoms with E-state index in [0.717, 1.165) is 6.42 Å². The molecule has 4 heteroatoms. The summed E-state index contributed by atoms with van der Waals surface area (Å²) in [5.74, 6) is -0.315. The molecule has 0 radical (unpaired) electrons. The lowest BCUT2D eigenvalue weighted by Gasteiger charge is -1.99. The molecule has 0 amide bonds. The maximum absolute atomic E-state index is 10.9. The lowest BCUT2D eigenvalue weighted by atomic mass is 10.4. The number of carbonyl (C=O) groups is 1. The molecule has 0 aliphatic carbocycles. The summed E-state index contributed by atoms with van der Waals surface area (Å²) in [5, 5.41) is 2.05. The SMILES string of the molecule is CCOC(=O)/C=C/COCCc1cccs1. The summed E-state index contributed by atoms with van der Waals surface area (Å²) < 4.78 is 10.1. The van der Waals surface area contributed by atoms with Crippen LogP contribution in [-0.2, 0) is 20.7 Å². The van der Waals surface area contributed by atoms with Crippen LogP contribution in [0.4, 0.5) is 0 Å². The number of esters is 1. The van der Waals surface area contributed by atoms with Gasteiger partial charge in [-0.05, 0) is 18.4 Å². The van der Waals surface area contributed by atoms with Gasteiger partial charge < -0.3 is 9.47 Å². The standard InChI is InChI=1S/C12H16O3S/c1-2-15-12(13)6-3-8-14-9-7-11-5-4-10-16-11/h3-6,10H,2,7-9H2,1H3/b6-3+. The Bertz CT molecular complexity index is 317. The van der Waals surface area contributed by atoms with Crippen molar-refractivity contribution >= 4 is 17.3 Å². The van der Waals surface area contributed by atoms with Crippen LogP contribution in [0.25, 0.3) is 0 Å². The van der Waals surface area contributed by atoms with Gasteiger partial charge in [-0.15, -0.1) is 11.3 Å². The highest BCUT2D eigenvalue weighted by Gasteiger charge is 1.94. The highest BCUT2D eigenvalue weighted by molar-refractivity contribution is 7.09. The van der Waals surface area contributed by atoms with Crippen molar-refractivity contribution in [3.63, 3.8) is 0 Å². The Morgan fingerprint density at radius 2 is 2.44 bits per heavy atom. The molecule has 3 nitrogen and oxygen atoms in total. The lowest BCUT2D eigenvalue weighted by Crippen LogP contribution is -2.01. The van der Waals surface area contributed by atoms with Crippen molar-refractivity contribution in [2.75, 3.05) is 19.8 Å². The smallest absolute Gasteiger partial charge is 0.330 e. The van der Waals surface area contributed by atoms with Gasteiger partial charge in [0, 0.05) is 17.4 Å². The first-order valence-electron chi connectivity index (χ1n) is 5.26. The first-order valence-corrected chi connectivity index (χ1v) is 6.14. The van der Waals surface area contributed by atoms with Crippen molar-refractivity contribution in [1.29, 1.82) is 0 Å². The fraction of sp³-hybridized carbons (Fsp3) is 0.417. The quantitative estimate of drug-likeness (QED) is 0.417. The molecule has 0 aromatic carbocycles. The zero-order valence-corrected chi connectivity index (χ0v) is 10.2. The Labute approximate surface area is 99.7 Å². The number of rotatable bonds is 7. The van der Waals surface area contributed by atoms with Crippen LogP contribution in [0.3, 0.4) is 0 Å². The van der Waals surface area contributed by atoms with Crippen molar-refractivity contribution in [1.82, 2.24) is 0 Å². The molecular formula is C12H16O3S. The van der Waals surface area contributed by atoms with Crippen molar-refractivity contribution < 1.29 is 14.3 Å². The summed E-state index contributed by atoms with van der Waals surface area (Å²) in [6.07, 6.45) is 3.99. The van der Waals surface area contributed by atoms with Crippen LogP contribution in [0.1, 0.15) is 11.8 Å². The second-order valence-corrected chi connectivity index (χ2v) is 4.09. The second-order valence-electron chi connectivity index (χ2n) is 3.06. The van der Waals surface area contributed by atoms with E-state index in [2.05, 4.69) is 11.4 Å². The van der Waals surface area contributed by atoms with Crippen LogP contribution in [-0.4, -0.2) is 25.8 Å². The molecule has 0 fully saturated rings. The number of thiophene rings is 1. The topological polar surface area (TPSA) is 35.5 Å². The molecule has 0 aliphatic heterocycles. The van der Waals surface area contributed by atoms with Crippen molar-refractivity contribution in [2.45, 2.75) is 13.3 Å². The van der Waals surface area contributed by atoms with Gasteiger partial charge in [0.05, 0.1) is 19.8 Å². The van der Waals surface area contributed by atoms with Gasteiger partial charge >= 0.3 is 5.97 Å². The van der Waals surface area contributed by atoms with Crippen LogP contribution in [0.15, 0.2) is 29.7 Å². The molecule has 16 heavy (non-hydrogen) atoms. The Hall–Kier alpha value is -1.13. The van der Waals surface area contributed by atoms with Gasteiger partial charge in [0.1, 0.15) is 0 Å². The second kappa shape index (κ2) is 8.07. The molecule has 1 rings (SSSR count). The number of hydrogen-bond donors (Lipinski definition) is 0. The molecule has 0 saturated heterocycles. The Morgan fingerprint density at radius 3 is 3.12 bits per heavy atom. The van der Waals surface area contributed by atoms with Crippen LogP contribution in [0, 0.1) is 0 Å². The molecule has 88 valence electrons. The largest absolute Gasteiger partial charge is 0.463 e. The minimum Gasteiger partial charge on any atom is -0.463 e. The Kier molecular flexibility index (Phi) is 6.53. The highest BCUT2D eigenvalue weighted by Crippen LogP contribution is 2.08. The average Bonchev–Trinajstić information content (AvgIpc) is 2.76. The summed E-state index contributed by atoms with van der Waals surface area (Å²) in [6.45, 7) is 3.31. The molecule has 1 aromatic rings. The zero-order chi connectivity index (χ0) is 11.6. The lowest BCUT2D eigenvalue weighted by molar-refractivity contribution is -0.137. The number of ether oxygens (including phenoxy) is 2.